The molecule has 3 heteroatoms. The summed E-state index contributed by atoms with van der Waals surface area (Å²) in [6.45, 7) is 8.71. The summed E-state index contributed by atoms with van der Waals surface area (Å²) in [4.78, 5) is 0. The van der Waals surface area contributed by atoms with Crippen LogP contribution in [0.25, 0.3) is 11.1 Å². The lowest BCUT2D eigenvalue weighted by atomic mass is 10.1. The molecule has 20 heavy (non-hydrogen) atoms. The minimum atomic E-state index is 0.422. The molecule has 0 amide bonds. The molecule has 0 radical (unpaired) electrons. The van der Waals surface area contributed by atoms with Gasteiger partial charge < -0.3 is 5.32 Å². The Balaban J connectivity index is 2.02. The highest BCUT2D eigenvalue weighted by Gasteiger charge is 2.10. The summed E-state index contributed by atoms with van der Waals surface area (Å²) in [5, 5.41) is 8.06. The van der Waals surface area contributed by atoms with Gasteiger partial charge in [0.2, 0.25) is 0 Å². The first-order valence-corrected chi connectivity index (χ1v) is 7.51. The van der Waals surface area contributed by atoms with E-state index in [-0.39, 0.29) is 0 Å². The number of nitrogens with zero attached hydrogens (tertiary/aromatic N) is 2. The smallest absolute Gasteiger partial charge is 0.0641 e. The van der Waals surface area contributed by atoms with Crippen LogP contribution in [0.2, 0.25) is 0 Å². The zero-order valence-electron chi connectivity index (χ0n) is 12.7. The molecule has 1 unspecified atom stereocenters. The average molecular weight is 271 g/mol. The van der Waals surface area contributed by atoms with Gasteiger partial charge in [-0.1, -0.05) is 51.1 Å². The highest BCUT2D eigenvalue weighted by molar-refractivity contribution is 5.61. The number of hydrogen-bond acceptors (Lipinski definition) is 2. The Morgan fingerprint density at radius 3 is 2.50 bits per heavy atom. The molecule has 2 aromatic rings. The summed E-state index contributed by atoms with van der Waals surface area (Å²) < 4.78 is 2.09. The average Bonchev–Trinajstić information content (AvgIpc) is 2.94. The van der Waals surface area contributed by atoms with Crippen LogP contribution in [0.15, 0.2) is 42.7 Å². The van der Waals surface area contributed by atoms with Crippen molar-refractivity contribution in [3.05, 3.63) is 42.7 Å². The molecular formula is C17H25N3. The van der Waals surface area contributed by atoms with Gasteiger partial charge in [-0.2, -0.15) is 5.10 Å². The molecule has 2 rings (SSSR count). The van der Waals surface area contributed by atoms with Crippen LogP contribution >= 0.6 is 0 Å². The number of nitrogens with one attached hydrogen (secondary N) is 1. The number of benzene rings is 1. The minimum Gasteiger partial charge on any atom is -0.314 e. The maximum atomic E-state index is 4.54. The molecule has 0 bridgehead atoms. The molecule has 1 aromatic heterocycles. The quantitative estimate of drug-likeness (QED) is 0.831. The number of hydrogen-bond donors (Lipinski definition) is 1. The third-order valence-corrected chi connectivity index (χ3v) is 3.49. The molecule has 0 saturated carbocycles. The lowest BCUT2D eigenvalue weighted by Gasteiger charge is -2.17. The van der Waals surface area contributed by atoms with E-state index in [0.717, 1.165) is 19.5 Å². The highest BCUT2D eigenvalue weighted by atomic mass is 15.3. The molecule has 3 nitrogen and oxygen atoms in total. The first-order valence-electron chi connectivity index (χ1n) is 7.51. The van der Waals surface area contributed by atoms with Crippen molar-refractivity contribution < 1.29 is 0 Å². The summed E-state index contributed by atoms with van der Waals surface area (Å²) in [5.74, 6) is 0.685. The summed E-state index contributed by atoms with van der Waals surface area (Å²) in [7, 11) is 0. The Morgan fingerprint density at radius 1 is 1.10 bits per heavy atom. The van der Waals surface area contributed by atoms with Gasteiger partial charge in [0.15, 0.2) is 0 Å². The molecule has 108 valence electrons. The molecule has 1 atom stereocenters. The molecule has 0 aliphatic heterocycles. The predicted octanol–water partition coefficient (Wildman–Crippen LogP) is 3.75. The van der Waals surface area contributed by atoms with Crippen molar-refractivity contribution in [2.45, 2.75) is 33.2 Å². The molecule has 0 spiro atoms. The summed E-state index contributed by atoms with van der Waals surface area (Å²) in [6, 6.07) is 10.8. The van der Waals surface area contributed by atoms with Crippen molar-refractivity contribution >= 4 is 0 Å². The van der Waals surface area contributed by atoms with Crippen LogP contribution < -0.4 is 5.32 Å². The maximum Gasteiger partial charge on any atom is 0.0641 e. The van der Waals surface area contributed by atoms with Gasteiger partial charge in [-0.05, 0) is 24.4 Å². The first-order chi connectivity index (χ1) is 9.70. The lowest BCUT2D eigenvalue weighted by molar-refractivity contribution is 0.399. The third-order valence-electron chi connectivity index (χ3n) is 3.49. The van der Waals surface area contributed by atoms with Crippen LogP contribution in [0, 0.1) is 5.92 Å². The van der Waals surface area contributed by atoms with Gasteiger partial charge in [0.25, 0.3) is 0 Å². The van der Waals surface area contributed by atoms with Gasteiger partial charge in [0.1, 0.15) is 0 Å². The second kappa shape index (κ2) is 7.25. The van der Waals surface area contributed by atoms with E-state index in [9.17, 15) is 0 Å². The Labute approximate surface area is 122 Å². The van der Waals surface area contributed by atoms with Crippen LogP contribution in [0.5, 0.6) is 0 Å². The standard InChI is InChI=1S/C17H25N3/c1-4-17(12-18-10-14(2)3)20-13-16(11-19-20)15-8-6-5-7-9-15/h5-9,11,13-14,17-18H,4,10,12H2,1-3H3. The van der Waals surface area contributed by atoms with Crippen LogP contribution in [0.3, 0.4) is 0 Å². The fourth-order valence-corrected chi connectivity index (χ4v) is 2.28. The molecule has 0 aliphatic rings. The third kappa shape index (κ3) is 3.94. The van der Waals surface area contributed by atoms with E-state index in [1.807, 2.05) is 12.3 Å². The fourth-order valence-electron chi connectivity index (χ4n) is 2.28. The molecule has 0 aliphatic carbocycles. The largest absolute Gasteiger partial charge is 0.314 e. The van der Waals surface area contributed by atoms with Gasteiger partial charge >= 0.3 is 0 Å². The van der Waals surface area contributed by atoms with E-state index in [2.05, 4.69) is 66.3 Å². The van der Waals surface area contributed by atoms with E-state index in [1.54, 1.807) is 0 Å². The SMILES string of the molecule is CCC(CNCC(C)C)n1cc(-c2ccccc2)cn1. The Bertz CT molecular complexity index is 502. The fraction of sp³-hybridized carbons (Fsp3) is 0.471. The lowest BCUT2D eigenvalue weighted by Crippen LogP contribution is -2.28. The summed E-state index contributed by atoms with van der Waals surface area (Å²) in [5.41, 5.74) is 2.41. The molecule has 1 aromatic carbocycles. The molecule has 1 heterocycles. The molecule has 1 N–H and O–H groups in total. The van der Waals surface area contributed by atoms with Crippen LogP contribution in [0.1, 0.15) is 33.2 Å². The second-order valence-electron chi connectivity index (χ2n) is 5.69. The topological polar surface area (TPSA) is 29.9 Å². The maximum absolute atomic E-state index is 4.54. The van der Waals surface area contributed by atoms with E-state index < -0.39 is 0 Å². The number of aromatic nitrogens is 2. The van der Waals surface area contributed by atoms with Gasteiger partial charge in [-0.25, -0.2) is 0 Å². The van der Waals surface area contributed by atoms with E-state index in [4.69, 9.17) is 0 Å². The van der Waals surface area contributed by atoms with E-state index >= 15 is 0 Å². The Kier molecular flexibility index (Phi) is 5.36. The van der Waals surface area contributed by atoms with E-state index in [1.165, 1.54) is 11.1 Å². The normalized spacial score (nSPS) is 12.8. The summed E-state index contributed by atoms with van der Waals surface area (Å²) >= 11 is 0. The van der Waals surface area contributed by atoms with Crippen molar-refractivity contribution in [2.24, 2.45) is 5.92 Å². The van der Waals surface area contributed by atoms with Gasteiger partial charge in [0.05, 0.1) is 12.2 Å². The van der Waals surface area contributed by atoms with Crippen molar-refractivity contribution in [3.8, 4) is 11.1 Å². The summed E-state index contributed by atoms with van der Waals surface area (Å²) in [6.07, 6.45) is 5.20. The zero-order valence-corrected chi connectivity index (χ0v) is 12.7. The second-order valence-corrected chi connectivity index (χ2v) is 5.69. The zero-order chi connectivity index (χ0) is 14.4. The van der Waals surface area contributed by atoms with Crippen molar-refractivity contribution in [1.82, 2.24) is 15.1 Å². The first kappa shape index (κ1) is 14.8. The van der Waals surface area contributed by atoms with E-state index in [0.29, 0.717) is 12.0 Å². The molecule has 0 fully saturated rings. The van der Waals surface area contributed by atoms with Crippen molar-refractivity contribution in [1.29, 1.82) is 0 Å². The Morgan fingerprint density at radius 2 is 1.85 bits per heavy atom. The highest BCUT2D eigenvalue weighted by Crippen LogP contribution is 2.20. The molecular weight excluding hydrogens is 246 g/mol. The number of rotatable bonds is 7. The van der Waals surface area contributed by atoms with Crippen LogP contribution in [0.4, 0.5) is 0 Å². The predicted molar refractivity (Wildman–Crippen MR) is 84.7 cm³/mol. The minimum absolute atomic E-state index is 0.422. The van der Waals surface area contributed by atoms with Gasteiger partial charge in [-0.3, -0.25) is 4.68 Å². The van der Waals surface area contributed by atoms with Crippen LogP contribution in [-0.4, -0.2) is 22.9 Å². The van der Waals surface area contributed by atoms with Crippen molar-refractivity contribution in [2.75, 3.05) is 13.1 Å². The van der Waals surface area contributed by atoms with Crippen molar-refractivity contribution in [3.63, 3.8) is 0 Å². The Hall–Kier alpha value is -1.61. The molecule has 0 saturated heterocycles. The van der Waals surface area contributed by atoms with Crippen LogP contribution in [-0.2, 0) is 0 Å². The van der Waals surface area contributed by atoms with Gasteiger partial charge in [-0.15, -0.1) is 0 Å². The monoisotopic (exact) mass is 271 g/mol. The van der Waals surface area contributed by atoms with Gasteiger partial charge in [0, 0.05) is 18.3 Å².